The number of benzene rings is 1. The van der Waals surface area contributed by atoms with Gasteiger partial charge in [0.2, 0.25) is 0 Å². The van der Waals surface area contributed by atoms with Crippen LogP contribution in [-0.2, 0) is 6.42 Å². The number of phenols is 1. The highest BCUT2D eigenvalue weighted by Gasteiger charge is 2.47. The Labute approximate surface area is 145 Å². The van der Waals surface area contributed by atoms with Crippen molar-refractivity contribution in [1.82, 2.24) is 0 Å². The lowest BCUT2D eigenvalue weighted by Gasteiger charge is -2.47. The Bertz CT molecular complexity index is 645. The standard InChI is InChI=1S/C21H30O3/c1-5-6-7-8-14-10-18(23)20-15-9-13(2)17(22)12-16(15)21(3,4)24-19(20)11-14/h9-11,15-17,22-23H,5-8,12H2,1-4H3/t15-,16-,17?/m1/s1. The Morgan fingerprint density at radius 3 is 2.71 bits per heavy atom. The molecule has 0 amide bonds. The van der Waals surface area contributed by atoms with Crippen LogP contribution in [0.3, 0.4) is 0 Å². The van der Waals surface area contributed by atoms with Gasteiger partial charge in [0.05, 0.1) is 6.10 Å². The second-order valence-corrected chi connectivity index (χ2v) is 7.98. The fourth-order valence-corrected chi connectivity index (χ4v) is 4.25. The topological polar surface area (TPSA) is 49.7 Å². The molecule has 1 aromatic rings. The van der Waals surface area contributed by atoms with Gasteiger partial charge >= 0.3 is 0 Å². The number of aliphatic hydroxyl groups excluding tert-OH is 1. The number of aliphatic hydroxyl groups is 1. The Balaban J connectivity index is 2.00. The van der Waals surface area contributed by atoms with Gasteiger partial charge in [0.15, 0.2) is 0 Å². The van der Waals surface area contributed by atoms with Crippen molar-refractivity contribution < 1.29 is 14.9 Å². The van der Waals surface area contributed by atoms with Crippen LogP contribution in [0.15, 0.2) is 23.8 Å². The first-order valence-electron chi connectivity index (χ1n) is 9.24. The van der Waals surface area contributed by atoms with E-state index < -0.39 is 6.10 Å². The summed E-state index contributed by atoms with van der Waals surface area (Å²) in [7, 11) is 0. The molecular formula is C21H30O3. The molecule has 0 spiro atoms. The molecule has 1 aliphatic carbocycles. The molecule has 132 valence electrons. The highest BCUT2D eigenvalue weighted by molar-refractivity contribution is 5.54. The highest BCUT2D eigenvalue weighted by Crippen LogP contribution is 2.53. The van der Waals surface area contributed by atoms with E-state index >= 15 is 0 Å². The zero-order valence-corrected chi connectivity index (χ0v) is 15.3. The van der Waals surface area contributed by atoms with Gasteiger partial charge in [-0.05, 0) is 63.3 Å². The molecule has 2 aliphatic rings. The molecule has 1 aromatic carbocycles. The number of unbranched alkanes of at least 4 members (excludes halogenated alkanes) is 2. The van der Waals surface area contributed by atoms with Gasteiger partial charge in [-0.1, -0.05) is 25.8 Å². The van der Waals surface area contributed by atoms with Gasteiger partial charge in [-0.3, -0.25) is 0 Å². The number of rotatable bonds is 4. The minimum atomic E-state index is -0.411. The van der Waals surface area contributed by atoms with E-state index in [4.69, 9.17) is 4.74 Å². The molecule has 0 aromatic heterocycles. The molecule has 0 bridgehead atoms. The van der Waals surface area contributed by atoms with Crippen molar-refractivity contribution in [3.63, 3.8) is 0 Å². The number of aromatic hydroxyl groups is 1. The molecule has 0 fully saturated rings. The molecule has 1 aliphatic heterocycles. The van der Waals surface area contributed by atoms with Gasteiger partial charge in [-0.2, -0.15) is 0 Å². The number of ether oxygens (including phenoxy) is 1. The molecule has 3 atom stereocenters. The number of phenolic OH excluding ortho intramolecular Hbond substituents is 1. The second kappa shape index (κ2) is 6.44. The van der Waals surface area contributed by atoms with E-state index in [-0.39, 0.29) is 17.4 Å². The summed E-state index contributed by atoms with van der Waals surface area (Å²) in [6, 6.07) is 4.01. The van der Waals surface area contributed by atoms with Crippen molar-refractivity contribution in [1.29, 1.82) is 0 Å². The van der Waals surface area contributed by atoms with Gasteiger partial charge < -0.3 is 14.9 Å². The van der Waals surface area contributed by atoms with Gasteiger partial charge in [-0.15, -0.1) is 0 Å². The lowest BCUT2D eigenvalue weighted by molar-refractivity contribution is -0.00919. The fourth-order valence-electron chi connectivity index (χ4n) is 4.25. The molecule has 3 nitrogen and oxygen atoms in total. The molecule has 24 heavy (non-hydrogen) atoms. The van der Waals surface area contributed by atoms with Crippen molar-refractivity contribution in [2.45, 2.75) is 77.4 Å². The fraction of sp³-hybridized carbons (Fsp3) is 0.619. The van der Waals surface area contributed by atoms with Crippen LogP contribution in [0.1, 0.15) is 70.4 Å². The third kappa shape index (κ3) is 3.06. The third-order valence-electron chi connectivity index (χ3n) is 5.73. The summed E-state index contributed by atoms with van der Waals surface area (Å²) in [5.41, 5.74) is 2.67. The molecule has 0 saturated carbocycles. The Morgan fingerprint density at radius 1 is 1.25 bits per heavy atom. The molecule has 1 heterocycles. The Kier molecular flexibility index (Phi) is 4.65. The molecular weight excluding hydrogens is 300 g/mol. The van der Waals surface area contributed by atoms with E-state index in [0.717, 1.165) is 35.3 Å². The summed E-state index contributed by atoms with van der Waals surface area (Å²) < 4.78 is 6.30. The zero-order chi connectivity index (χ0) is 17.5. The second-order valence-electron chi connectivity index (χ2n) is 7.98. The molecule has 2 N–H and O–H groups in total. The van der Waals surface area contributed by atoms with E-state index in [0.29, 0.717) is 12.2 Å². The van der Waals surface area contributed by atoms with Crippen molar-refractivity contribution in [2.24, 2.45) is 5.92 Å². The van der Waals surface area contributed by atoms with E-state index in [1.165, 1.54) is 12.8 Å². The van der Waals surface area contributed by atoms with Crippen LogP contribution >= 0.6 is 0 Å². The van der Waals surface area contributed by atoms with E-state index in [1.54, 1.807) is 0 Å². The van der Waals surface area contributed by atoms with Crippen LogP contribution in [0.4, 0.5) is 0 Å². The first-order chi connectivity index (χ1) is 11.3. The monoisotopic (exact) mass is 330 g/mol. The molecule has 3 heteroatoms. The maximum Gasteiger partial charge on any atom is 0.127 e. The minimum absolute atomic E-state index is 0.108. The molecule has 0 saturated heterocycles. The normalized spacial score (nSPS) is 27.7. The predicted molar refractivity (Wildman–Crippen MR) is 96.7 cm³/mol. The lowest BCUT2D eigenvalue weighted by atomic mass is 9.67. The molecule has 1 unspecified atom stereocenters. The summed E-state index contributed by atoms with van der Waals surface area (Å²) >= 11 is 0. The number of aryl methyl sites for hydroxylation is 1. The summed E-state index contributed by atoms with van der Waals surface area (Å²) in [5, 5.41) is 20.9. The highest BCUT2D eigenvalue weighted by atomic mass is 16.5. The predicted octanol–water partition coefficient (Wildman–Crippen LogP) is 4.71. The quantitative estimate of drug-likeness (QED) is 0.621. The van der Waals surface area contributed by atoms with Gasteiger partial charge in [0, 0.05) is 17.4 Å². The lowest BCUT2D eigenvalue weighted by Crippen LogP contribution is -2.47. The van der Waals surface area contributed by atoms with Crippen LogP contribution in [0, 0.1) is 5.92 Å². The Morgan fingerprint density at radius 2 is 2.00 bits per heavy atom. The number of hydrogen-bond donors (Lipinski definition) is 2. The maximum atomic E-state index is 10.7. The summed E-state index contributed by atoms with van der Waals surface area (Å²) in [5.74, 6) is 1.43. The number of allylic oxidation sites excluding steroid dienone is 1. The van der Waals surface area contributed by atoms with Gasteiger partial charge in [0.25, 0.3) is 0 Å². The minimum Gasteiger partial charge on any atom is -0.507 e. The van der Waals surface area contributed by atoms with Crippen LogP contribution in [-0.4, -0.2) is 21.9 Å². The van der Waals surface area contributed by atoms with Crippen LogP contribution in [0.25, 0.3) is 0 Å². The average molecular weight is 330 g/mol. The van der Waals surface area contributed by atoms with E-state index in [9.17, 15) is 10.2 Å². The van der Waals surface area contributed by atoms with Gasteiger partial charge in [-0.25, -0.2) is 0 Å². The van der Waals surface area contributed by atoms with Crippen molar-refractivity contribution >= 4 is 0 Å². The van der Waals surface area contributed by atoms with Crippen molar-refractivity contribution in [3.05, 3.63) is 34.9 Å². The zero-order valence-electron chi connectivity index (χ0n) is 15.3. The average Bonchev–Trinajstić information content (AvgIpc) is 2.49. The molecule has 0 radical (unpaired) electrons. The summed E-state index contributed by atoms with van der Waals surface area (Å²) in [6.07, 6.45) is 6.89. The first kappa shape index (κ1) is 17.3. The first-order valence-corrected chi connectivity index (χ1v) is 9.24. The summed E-state index contributed by atoms with van der Waals surface area (Å²) in [6.45, 7) is 8.35. The maximum absolute atomic E-state index is 10.7. The van der Waals surface area contributed by atoms with Crippen LogP contribution in [0.2, 0.25) is 0 Å². The SMILES string of the molecule is CCCCCc1cc(O)c2c(c1)OC(C)(C)[C@@H]1CC(O)C(C)=C[C@@H]21. The van der Waals surface area contributed by atoms with Crippen LogP contribution in [0.5, 0.6) is 11.5 Å². The van der Waals surface area contributed by atoms with Crippen LogP contribution < -0.4 is 4.74 Å². The van der Waals surface area contributed by atoms with Crippen molar-refractivity contribution in [3.8, 4) is 11.5 Å². The smallest absolute Gasteiger partial charge is 0.127 e. The van der Waals surface area contributed by atoms with E-state index in [1.807, 2.05) is 13.0 Å². The number of fused-ring (bicyclic) bond motifs is 3. The number of hydrogen-bond acceptors (Lipinski definition) is 3. The van der Waals surface area contributed by atoms with E-state index in [2.05, 4.69) is 32.9 Å². The Hall–Kier alpha value is -1.48. The summed E-state index contributed by atoms with van der Waals surface area (Å²) in [4.78, 5) is 0. The largest absolute Gasteiger partial charge is 0.507 e. The molecule has 3 rings (SSSR count). The van der Waals surface area contributed by atoms with Crippen molar-refractivity contribution in [2.75, 3.05) is 0 Å². The van der Waals surface area contributed by atoms with Gasteiger partial charge in [0.1, 0.15) is 17.1 Å². The third-order valence-corrected chi connectivity index (χ3v) is 5.73.